The summed E-state index contributed by atoms with van der Waals surface area (Å²) in [6.07, 6.45) is 4.40. The first kappa shape index (κ1) is 11.8. The highest BCUT2D eigenvalue weighted by molar-refractivity contribution is 6.07. The average Bonchev–Trinajstić information content (AvgIpc) is 2.39. The number of hydrogen-bond acceptors (Lipinski definition) is 5. The van der Waals surface area contributed by atoms with Gasteiger partial charge in [-0.1, -0.05) is 0 Å². The van der Waals surface area contributed by atoms with Gasteiger partial charge >= 0.3 is 0 Å². The molecule has 0 unspecified atom stereocenters. The third-order valence-corrected chi connectivity index (χ3v) is 2.32. The van der Waals surface area contributed by atoms with Gasteiger partial charge < -0.3 is 15.8 Å². The first-order valence-corrected chi connectivity index (χ1v) is 5.20. The summed E-state index contributed by atoms with van der Waals surface area (Å²) in [6, 6.07) is 4.87. The second-order valence-corrected chi connectivity index (χ2v) is 3.53. The van der Waals surface area contributed by atoms with Gasteiger partial charge in [0, 0.05) is 11.8 Å². The Hall–Kier alpha value is -2.63. The van der Waals surface area contributed by atoms with Gasteiger partial charge in [0.15, 0.2) is 0 Å². The van der Waals surface area contributed by atoms with Crippen molar-refractivity contribution in [2.45, 2.75) is 0 Å². The molecule has 0 aliphatic heterocycles. The summed E-state index contributed by atoms with van der Waals surface area (Å²) in [7, 11) is 1.54. The lowest BCUT2D eigenvalue weighted by molar-refractivity contribution is 0.102. The number of nitrogens with one attached hydrogen (secondary N) is 1. The molecule has 1 heterocycles. The third-order valence-electron chi connectivity index (χ3n) is 2.32. The highest BCUT2D eigenvalue weighted by Crippen LogP contribution is 2.20. The van der Waals surface area contributed by atoms with Crippen molar-refractivity contribution in [1.82, 2.24) is 9.97 Å². The van der Waals surface area contributed by atoms with Crippen molar-refractivity contribution in [3.8, 4) is 5.75 Å². The van der Waals surface area contributed by atoms with Gasteiger partial charge in [0.1, 0.15) is 12.1 Å². The lowest BCUT2D eigenvalue weighted by Crippen LogP contribution is -2.14. The molecule has 2 aromatic rings. The van der Waals surface area contributed by atoms with Crippen molar-refractivity contribution in [2.24, 2.45) is 0 Å². The lowest BCUT2D eigenvalue weighted by atomic mass is 10.1. The van der Waals surface area contributed by atoms with Gasteiger partial charge in [-0.15, -0.1) is 0 Å². The van der Waals surface area contributed by atoms with Crippen LogP contribution in [0.3, 0.4) is 0 Å². The van der Waals surface area contributed by atoms with Crippen LogP contribution in [0.2, 0.25) is 0 Å². The normalized spacial score (nSPS) is 9.83. The van der Waals surface area contributed by atoms with Gasteiger partial charge in [-0.05, 0) is 12.1 Å². The molecule has 0 saturated heterocycles. The van der Waals surface area contributed by atoms with Gasteiger partial charge in [0.2, 0.25) is 0 Å². The number of aromatic nitrogens is 2. The number of benzene rings is 1. The summed E-state index contributed by atoms with van der Waals surface area (Å²) in [4.78, 5) is 19.6. The SMILES string of the molecule is COc1ccc(C(=O)Nc2cncnc2)c(N)c1. The summed E-state index contributed by atoms with van der Waals surface area (Å²) in [5.41, 5.74) is 7.02. The minimum Gasteiger partial charge on any atom is -0.497 e. The zero-order chi connectivity index (χ0) is 13.0. The van der Waals surface area contributed by atoms with E-state index >= 15 is 0 Å². The van der Waals surface area contributed by atoms with Crippen molar-refractivity contribution in [3.05, 3.63) is 42.5 Å². The first-order chi connectivity index (χ1) is 8.70. The van der Waals surface area contributed by atoms with E-state index in [1.54, 1.807) is 18.2 Å². The number of methoxy groups -OCH3 is 1. The Kier molecular flexibility index (Phi) is 3.38. The predicted octanol–water partition coefficient (Wildman–Crippen LogP) is 1.32. The fourth-order valence-corrected chi connectivity index (χ4v) is 1.44. The molecule has 6 nitrogen and oxygen atoms in total. The van der Waals surface area contributed by atoms with Crippen LogP contribution in [0.25, 0.3) is 0 Å². The highest BCUT2D eigenvalue weighted by Gasteiger charge is 2.10. The Balaban J connectivity index is 2.19. The number of carbonyl (C=O) groups is 1. The molecule has 1 aromatic carbocycles. The van der Waals surface area contributed by atoms with E-state index in [1.165, 1.54) is 25.8 Å². The standard InChI is InChI=1S/C12H12N4O2/c1-18-9-2-3-10(11(13)4-9)12(17)16-8-5-14-7-15-6-8/h2-7H,13H2,1H3,(H,16,17). The number of amides is 1. The van der Waals surface area contributed by atoms with Gasteiger partial charge in [-0.2, -0.15) is 0 Å². The molecule has 0 bridgehead atoms. The summed E-state index contributed by atoms with van der Waals surface area (Å²) in [6.45, 7) is 0. The van der Waals surface area contributed by atoms with Gasteiger partial charge in [0.05, 0.1) is 30.8 Å². The van der Waals surface area contributed by atoms with Crippen molar-refractivity contribution >= 4 is 17.3 Å². The van der Waals surface area contributed by atoms with Crippen LogP contribution in [0, 0.1) is 0 Å². The maximum absolute atomic E-state index is 11.9. The van der Waals surface area contributed by atoms with Crippen LogP contribution in [0.5, 0.6) is 5.75 Å². The number of nitrogen functional groups attached to an aromatic ring is 1. The molecule has 92 valence electrons. The number of hydrogen-bond donors (Lipinski definition) is 2. The molecule has 2 rings (SSSR count). The molecular weight excluding hydrogens is 232 g/mol. The van der Waals surface area contributed by atoms with Crippen LogP contribution in [-0.2, 0) is 0 Å². The summed E-state index contributed by atoms with van der Waals surface area (Å²) in [5.74, 6) is 0.289. The Labute approximate surface area is 104 Å². The van der Waals surface area contributed by atoms with Crippen molar-refractivity contribution < 1.29 is 9.53 Å². The monoisotopic (exact) mass is 244 g/mol. The summed E-state index contributed by atoms with van der Waals surface area (Å²) in [5, 5.41) is 2.65. The first-order valence-electron chi connectivity index (χ1n) is 5.20. The molecular formula is C12H12N4O2. The van der Waals surface area contributed by atoms with Crippen LogP contribution >= 0.6 is 0 Å². The number of carbonyl (C=O) groups excluding carboxylic acids is 1. The molecule has 0 aliphatic rings. The minimum atomic E-state index is -0.315. The van der Waals surface area contributed by atoms with E-state index in [1.807, 2.05) is 0 Å². The van der Waals surface area contributed by atoms with Crippen LogP contribution in [0.15, 0.2) is 36.9 Å². The molecule has 0 radical (unpaired) electrons. The van der Waals surface area contributed by atoms with Crippen LogP contribution in [0.1, 0.15) is 10.4 Å². The van der Waals surface area contributed by atoms with Crippen molar-refractivity contribution in [3.63, 3.8) is 0 Å². The predicted molar refractivity (Wildman–Crippen MR) is 67.4 cm³/mol. The molecule has 0 saturated carbocycles. The quantitative estimate of drug-likeness (QED) is 0.795. The molecule has 0 spiro atoms. The van der Waals surface area contributed by atoms with Gasteiger partial charge in [0.25, 0.3) is 5.91 Å². The second kappa shape index (κ2) is 5.13. The maximum atomic E-state index is 11.9. The Morgan fingerprint density at radius 3 is 2.67 bits per heavy atom. The molecule has 0 atom stereocenters. The molecule has 0 fully saturated rings. The van der Waals surface area contributed by atoms with E-state index in [0.29, 0.717) is 22.7 Å². The fraction of sp³-hybridized carbons (Fsp3) is 0.0833. The molecule has 6 heteroatoms. The largest absolute Gasteiger partial charge is 0.497 e. The lowest BCUT2D eigenvalue weighted by Gasteiger charge is -2.08. The minimum absolute atomic E-state index is 0.315. The second-order valence-electron chi connectivity index (χ2n) is 3.53. The molecule has 18 heavy (non-hydrogen) atoms. The van der Waals surface area contributed by atoms with E-state index in [-0.39, 0.29) is 5.91 Å². The van der Waals surface area contributed by atoms with Crippen LogP contribution in [-0.4, -0.2) is 23.0 Å². The Morgan fingerprint density at radius 1 is 1.33 bits per heavy atom. The number of ether oxygens (including phenoxy) is 1. The highest BCUT2D eigenvalue weighted by atomic mass is 16.5. The zero-order valence-corrected chi connectivity index (χ0v) is 9.75. The Morgan fingerprint density at radius 2 is 2.06 bits per heavy atom. The van der Waals surface area contributed by atoms with E-state index in [0.717, 1.165) is 0 Å². The maximum Gasteiger partial charge on any atom is 0.257 e. The van der Waals surface area contributed by atoms with Crippen molar-refractivity contribution in [2.75, 3.05) is 18.2 Å². The molecule has 1 aromatic heterocycles. The van der Waals surface area contributed by atoms with E-state index in [4.69, 9.17) is 10.5 Å². The Bertz CT molecular complexity index is 557. The smallest absolute Gasteiger partial charge is 0.257 e. The van der Waals surface area contributed by atoms with Crippen LogP contribution in [0.4, 0.5) is 11.4 Å². The number of nitrogens with zero attached hydrogens (tertiary/aromatic N) is 2. The van der Waals surface area contributed by atoms with E-state index < -0.39 is 0 Å². The fourth-order valence-electron chi connectivity index (χ4n) is 1.44. The van der Waals surface area contributed by atoms with E-state index in [2.05, 4.69) is 15.3 Å². The molecule has 3 N–H and O–H groups in total. The third kappa shape index (κ3) is 2.54. The number of anilines is 2. The number of nitrogens with two attached hydrogens (primary N) is 1. The number of rotatable bonds is 3. The zero-order valence-electron chi connectivity index (χ0n) is 9.75. The summed E-state index contributed by atoms with van der Waals surface area (Å²) < 4.78 is 5.02. The molecule has 0 aliphatic carbocycles. The van der Waals surface area contributed by atoms with Crippen molar-refractivity contribution in [1.29, 1.82) is 0 Å². The summed E-state index contributed by atoms with van der Waals surface area (Å²) >= 11 is 0. The van der Waals surface area contributed by atoms with E-state index in [9.17, 15) is 4.79 Å². The average molecular weight is 244 g/mol. The topological polar surface area (TPSA) is 90.1 Å². The van der Waals surface area contributed by atoms with Gasteiger partial charge in [-0.3, -0.25) is 4.79 Å². The van der Waals surface area contributed by atoms with Crippen LogP contribution < -0.4 is 15.8 Å². The van der Waals surface area contributed by atoms with Gasteiger partial charge in [-0.25, -0.2) is 9.97 Å². The molecule has 1 amide bonds.